The van der Waals surface area contributed by atoms with Gasteiger partial charge >= 0.3 is 6.09 Å². The molecule has 4 nitrogen and oxygen atoms in total. The number of hydrogen-bond donors (Lipinski definition) is 1. The molecule has 1 heterocycles. The zero-order valence-electron chi connectivity index (χ0n) is 11.0. The molecule has 0 aliphatic carbocycles. The Kier molecular flexibility index (Phi) is 4.54. The van der Waals surface area contributed by atoms with Gasteiger partial charge < -0.3 is 14.7 Å². The van der Waals surface area contributed by atoms with Crippen LogP contribution in [-0.4, -0.2) is 47.6 Å². The first-order chi connectivity index (χ1) is 9.55. The molecule has 0 aromatic heterocycles. The number of alkyl halides is 2. The van der Waals surface area contributed by atoms with Crippen LogP contribution in [0.2, 0.25) is 0 Å². The molecule has 2 atom stereocenters. The lowest BCUT2D eigenvalue weighted by Crippen LogP contribution is -2.56. The van der Waals surface area contributed by atoms with Crippen LogP contribution in [0.15, 0.2) is 30.3 Å². The van der Waals surface area contributed by atoms with Crippen molar-refractivity contribution in [2.75, 3.05) is 19.8 Å². The summed E-state index contributed by atoms with van der Waals surface area (Å²) in [6.45, 7) is -1.33. The third kappa shape index (κ3) is 3.25. The number of nitrogens with zero attached hydrogens (tertiary/aromatic N) is 1. The molecule has 1 N–H and O–H groups in total. The summed E-state index contributed by atoms with van der Waals surface area (Å²) in [6, 6.07) is 9.11. The molecule has 0 bridgehead atoms. The van der Waals surface area contributed by atoms with Crippen molar-refractivity contribution in [3.05, 3.63) is 35.9 Å². The molecular formula is C14H17F2NO3. The highest BCUT2D eigenvalue weighted by molar-refractivity contribution is 5.67. The molecule has 1 amide bonds. The number of halogens is 2. The van der Waals surface area contributed by atoms with Gasteiger partial charge in [-0.2, -0.15) is 0 Å². The number of rotatable bonds is 3. The van der Waals surface area contributed by atoms with E-state index >= 15 is 0 Å². The lowest BCUT2D eigenvalue weighted by molar-refractivity contribution is -0.0934. The first-order valence-electron chi connectivity index (χ1n) is 6.43. The number of amides is 1. The minimum Gasteiger partial charge on any atom is -0.445 e. The average Bonchev–Trinajstić information content (AvgIpc) is 2.48. The molecule has 1 fully saturated rings. The highest BCUT2D eigenvalue weighted by atomic mass is 19.1. The lowest BCUT2D eigenvalue weighted by atomic mass is 9.91. The van der Waals surface area contributed by atoms with Crippen molar-refractivity contribution in [1.82, 2.24) is 4.90 Å². The van der Waals surface area contributed by atoms with E-state index in [-0.39, 0.29) is 26.1 Å². The van der Waals surface area contributed by atoms with E-state index in [0.717, 1.165) is 10.5 Å². The van der Waals surface area contributed by atoms with Gasteiger partial charge in [0.15, 0.2) is 0 Å². The van der Waals surface area contributed by atoms with Gasteiger partial charge in [-0.3, -0.25) is 0 Å². The minimum absolute atomic E-state index is 0.0778. The number of carbonyl (C=O) groups is 1. The quantitative estimate of drug-likeness (QED) is 0.925. The largest absolute Gasteiger partial charge is 0.445 e. The summed E-state index contributed by atoms with van der Waals surface area (Å²) >= 11 is 0. The Bertz CT molecular complexity index is 457. The predicted molar refractivity (Wildman–Crippen MR) is 68.6 cm³/mol. The summed E-state index contributed by atoms with van der Waals surface area (Å²) in [6.07, 6.45) is -2.59. The zero-order valence-corrected chi connectivity index (χ0v) is 11.0. The van der Waals surface area contributed by atoms with Crippen molar-refractivity contribution in [3.63, 3.8) is 0 Å². The fourth-order valence-electron chi connectivity index (χ4n) is 2.07. The maximum absolute atomic E-state index is 13.7. The van der Waals surface area contributed by atoms with Crippen LogP contribution in [0.3, 0.4) is 0 Å². The van der Waals surface area contributed by atoms with Crippen LogP contribution in [0.25, 0.3) is 0 Å². The highest BCUT2D eigenvalue weighted by Crippen LogP contribution is 2.26. The van der Waals surface area contributed by atoms with Gasteiger partial charge in [0, 0.05) is 6.54 Å². The maximum atomic E-state index is 13.7. The molecule has 0 saturated carbocycles. The van der Waals surface area contributed by atoms with E-state index in [1.54, 1.807) is 0 Å². The Balaban J connectivity index is 1.85. The highest BCUT2D eigenvalue weighted by Gasteiger charge is 2.43. The summed E-state index contributed by atoms with van der Waals surface area (Å²) in [5.74, 6) is 0. The predicted octanol–water partition coefficient (Wildman–Crippen LogP) is 2.07. The summed E-state index contributed by atoms with van der Waals surface area (Å²) in [4.78, 5) is 12.9. The average molecular weight is 285 g/mol. The number of hydrogen-bond acceptors (Lipinski definition) is 3. The van der Waals surface area contributed by atoms with Gasteiger partial charge in [-0.1, -0.05) is 30.3 Å². The van der Waals surface area contributed by atoms with E-state index in [0.29, 0.717) is 0 Å². The number of aliphatic hydroxyl groups is 1. The Labute approximate surface area is 116 Å². The second-order valence-electron chi connectivity index (χ2n) is 4.94. The van der Waals surface area contributed by atoms with E-state index in [4.69, 9.17) is 4.74 Å². The molecule has 0 spiro atoms. The van der Waals surface area contributed by atoms with Gasteiger partial charge in [0.2, 0.25) is 0 Å². The third-order valence-electron chi connectivity index (χ3n) is 3.47. The summed E-state index contributed by atoms with van der Waals surface area (Å²) in [7, 11) is 0. The van der Waals surface area contributed by atoms with Crippen LogP contribution in [0, 0.1) is 0 Å². The van der Waals surface area contributed by atoms with Crippen molar-refractivity contribution in [2.45, 2.75) is 24.8 Å². The summed E-state index contributed by atoms with van der Waals surface area (Å²) in [5, 5.41) is 9.63. The molecule has 1 aromatic carbocycles. The van der Waals surface area contributed by atoms with Crippen molar-refractivity contribution < 1.29 is 23.4 Å². The van der Waals surface area contributed by atoms with Crippen LogP contribution < -0.4 is 0 Å². The molecule has 1 aliphatic rings. The van der Waals surface area contributed by atoms with E-state index < -0.39 is 24.5 Å². The third-order valence-corrected chi connectivity index (χ3v) is 3.47. The molecule has 20 heavy (non-hydrogen) atoms. The lowest BCUT2D eigenvalue weighted by Gasteiger charge is -2.38. The SMILES string of the molecule is O=C(OCc1ccccc1)N1CCC(O)(CF)C(F)C1. The van der Waals surface area contributed by atoms with Crippen LogP contribution in [0.1, 0.15) is 12.0 Å². The molecule has 1 aliphatic heterocycles. The molecule has 2 rings (SSSR count). The van der Waals surface area contributed by atoms with Gasteiger partial charge in [0.05, 0.1) is 6.54 Å². The first kappa shape index (κ1) is 14.7. The molecular weight excluding hydrogens is 268 g/mol. The van der Waals surface area contributed by atoms with Crippen LogP contribution in [0.5, 0.6) is 0 Å². The molecule has 6 heteroatoms. The van der Waals surface area contributed by atoms with Crippen molar-refractivity contribution in [3.8, 4) is 0 Å². The van der Waals surface area contributed by atoms with Crippen molar-refractivity contribution >= 4 is 6.09 Å². The fraction of sp³-hybridized carbons (Fsp3) is 0.500. The Morgan fingerprint density at radius 2 is 2.15 bits per heavy atom. The summed E-state index contributed by atoms with van der Waals surface area (Å²) in [5.41, 5.74) is -1.15. The van der Waals surface area contributed by atoms with Gasteiger partial charge in [-0.05, 0) is 12.0 Å². The standard InChI is InChI=1S/C14H17F2NO3/c15-10-14(19)6-7-17(8-12(14)16)13(18)20-9-11-4-2-1-3-5-11/h1-5,12,19H,6-10H2. The van der Waals surface area contributed by atoms with Crippen LogP contribution in [-0.2, 0) is 11.3 Å². The fourth-order valence-corrected chi connectivity index (χ4v) is 2.07. The number of benzene rings is 1. The second-order valence-corrected chi connectivity index (χ2v) is 4.94. The maximum Gasteiger partial charge on any atom is 0.410 e. The first-order valence-corrected chi connectivity index (χ1v) is 6.43. The second kappa shape index (κ2) is 6.17. The molecule has 2 unspecified atom stereocenters. The number of likely N-dealkylation sites (tertiary alicyclic amines) is 1. The van der Waals surface area contributed by atoms with Gasteiger partial charge in [0.1, 0.15) is 25.1 Å². The molecule has 1 aromatic rings. The molecule has 110 valence electrons. The minimum atomic E-state index is -1.98. The monoisotopic (exact) mass is 285 g/mol. The van der Waals surface area contributed by atoms with Crippen LogP contribution >= 0.6 is 0 Å². The van der Waals surface area contributed by atoms with Gasteiger partial charge in [0.25, 0.3) is 0 Å². The number of carbonyl (C=O) groups excluding carboxylic acids is 1. The van der Waals surface area contributed by atoms with Gasteiger partial charge in [-0.25, -0.2) is 13.6 Å². The Hall–Kier alpha value is -1.69. The van der Waals surface area contributed by atoms with Gasteiger partial charge in [-0.15, -0.1) is 0 Å². The number of piperidine rings is 1. The van der Waals surface area contributed by atoms with Crippen molar-refractivity contribution in [1.29, 1.82) is 0 Å². The smallest absolute Gasteiger partial charge is 0.410 e. The van der Waals surface area contributed by atoms with Crippen LogP contribution in [0.4, 0.5) is 13.6 Å². The topological polar surface area (TPSA) is 49.8 Å². The van der Waals surface area contributed by atoms with Crippen molar-refractivity contribution in [2.24, 2.45) is 0 Å². The van der Waals surface area contributed by atoms with E-state index in [2.05, 4.69) is 0 Å². The molecule has 1 saturated heterocycles. The Morgan fingerprint density at radius 1 is 1.45 bits per heavy atom. The zero-order chi connectivity index (χ0) is 14.6. The normalized spacial score (nSPS) is 26.4. The molecule has 0 radical (unpaired) electrons. The van der Waals surface area contributed by atoms with E-state index in [1.807, 2.05) is 30.3 Å². The van der Waals surface area contributed by atoms with E-state index in [1.165, 1.54) is 0 Å². The Morgan fingerprint density at radius 3 is 2.75 bits per heavy atom. The van der Waals surface area contributed by atoms with E-state index in [9.17, 15) is 18.7 Å². The number of ether oxygens (including phenoxy) is 1. The summed E-state index contributed by atoms with van der Waals surface area (Å²) < 4.78 is 31.3.